The highest BCUT2D eigenvalue weighted by molar-refractivity contribution is 5.86. The highest BCUT2D eigenvalue weighted by atomic mass is 19.2. The molecule has 172 valence electrons. The molecule has 3 N–H and O–H groups in total. The zero-order valence-corrected chi connectivity index (χ0v) is 17.1. The topological polar surface area (TPSA) is 79.5 Å². The van der Waals surface area contributed by atoms with Crippen LogP contribution in [-0.4, -0.2) is 18.0 Å². The van der Waals surface area contributed by atoms with E-state index in [4.69, 9.17) is 4.74 Å². The normalized spacial score (nSPS) is 11.4. The van der Waals surface area contributed by atoms with Gasteiger partial charge in [-0.3, -0.25) is 15.6 Å². The van der Waals surface area contributed by atoms with E-state index < -0.39 is 47.0 Å². The lowest BCUT2D eigenvalue weighted by atomic mass is 10.1. The first-order valence-electron chi connectivity index (χ1n) is 9.75. The van der Waals surface area contributed by atoms with E-state index in [1.54, 1.807) is 60.7 Å². The summed E-state index contributed by atoms with van der Waals surface area (Å²) < 4.78 is 59.5. The molecule has 0 bridgehead atoms. The molecule has 0 saturated heterocycles. The average Bonchev–Trinajstić information content (AvgIpc) is 2.82. The number of hydrogen-bond acceptors (Lipinski definition) is 4. The van der Waals surface area contributed by atoms with Gasteiger partial charge in [0.2, 0.25) is 0 Å². The Morgan fingerprint density at radius 3 is 1.94 bits per heavy atom. The summed E-state index contributed by atoms with van der Waals surface area (Å²) in [4.78, 5) is 24.9. The fourth-order valence-electron chi connectivity index (χ4n) is 2.86. The van der Waals surface area contributed by atoms with E-state index in [2.05, 4.69) is 5.32 Å². The maximum Gasteiger partial charge on any atom is 0.408 e. The second-order valence-corrected chi connectivity index (χ2v) is 6.91. The Hall–Kier alpha value is -4.08. The van der Waals surface area contributed by atoms with Crippen molar-refractivity contribution in [2.24, 2.45) is 0 Å². The zero-order valence-electron chi connectivity index (χ0n) is 17.1. The molecule has 0 aliphatic heterocycles. The van der Waals surface area contributed by atoms with Crippen molar-refractivity contribution in [2.45, 2.75) is 19.1 Å². The Bertz CT molecular complexity index is 1090. The number of nitrogens with one attached hydrogen (secondary N) is 3. The van der Waals surface area contributed by atoms with Crippen LogP contribution in [0, 0.1) is 23.3 Å². The zero-order chi connectivity index (χ0) is 23.8. The van der Waals surface area contributed by atoms with E-state index in [0.717, 1.165) is 5.56 Å². The summed E-state index contributed by atoms with van der Waals surface area (Å²) >= 11 is 0. The SMILES string of the molecule is O=C(NC(Cc1ccccc1)C(=O)NNc1c(F)c(F)cc(F)c1F)OCc1ccccc1. The molecule has 33 heavy (non-hydrogen) atoms. The van der Waals surface area contributed by atoms with Crippen molar-refractivity contribution in [3.63, 3.8) is 0 Å². The van der Waals surface area contributed by atoms with Crippen molar-refractivity contribution < 1.29 is 31.9 Å². The molecule has 0 spiro atoms. The van der Waals surface area contributed by atoms with Gasteiger partial charge in [-0.15, -0.1) is 0 Å². The molecule has 3 aromatic carbocycles. The van der Waals surface area contributed by atoms with Gasteiger partial charge < -0.3 is 10.1 Å². The van der Waals surface area contributed by atoms with E-state index in [1.807, 2.05) is 10.9 Å². The fraction of sp³-hybridized carbons (Fsp3) is 0.130. The van der Waals surface area contributed by atoms with Crippen LogP contribution in [0.5, 0.6) is 0 Å². The van der Waals surface area contributed by atoms with Gasteiger partial charge in [-0.2, -0.15) is 0 Å². The number of amides is 2. The second-order valence-electron chi connectivity index (χ2n) is 6.91. The molecule has 0 radical (unpaired) electrons. The molecule has 1 unspecified atom stereocenters. The van der Waals surface area contributed by atoms with Crippen molar-refractivity contribution in [3.05, 3.63) is 101 Å². The Balaban J connectivity index is 1.69. The monoisotopic (exact) mass is 461 g/mol. The van der Waals surface area contributed by atoms with Crippen molar-refractivity contribution in [1.29, 1.82) is 0 Å². The lowest BCUT2D eigenvalue weighted by Gasteiger charge is -2.19. The summed E-state index contributed by atoms with van der Waals surface area (Å²) in [6.07, 6.45) is -0.916. The summed E-state index contributed by atoms with van der Waals surface area (Å²) in [5.74, 6) is -7.66. The number of carbonyl (C=O) groups is 2. The van der Waals surface area contributed by atoms with Crippen LogP contribution in [0.15, 0.2) is 66.7 Å². The molecule has 0 saturated carbocycles. The Morgan fingerprint density at radius 2 is 1.36 bits per heavy atom. The third-order valence-electron chi connectivity index (χ3n) is 4.53. The van der Waals surface area contributed by atoms with Crippen molar-refractivity contribution in [1.82, 2.24) is 10.7 Å². The first-order valence-corrected chi connectivity index (χ1v) is 9.75. The number of alkyl carbamates (subject to hydrolysis) is 1. The van der Waals surface area contributed by atoms with Gasteiger partial charge in [0.15, 0.2) is 23.3 Å². The first kappa shape index (κ1) is 23.6. The van der Waals surface area contributed by atoms with Crippen molar-refractivity contribution >= 4 is 17.7 Å². The van der Waals surface area contributed by atoms with E-state index in [9.17, 15) is 27.2 Å². The highest BCUT2D eigenvalue weighted by Gasteiger charge is 2.24. The number of carbonyl (C=O) groups excluding carboxylic acids is 2. The molecule has 0 heterocycles. The molecular formula is C23H19F4N3O3. The van der Waals surface area contributed by atoms with Gasteiger partial charge in [-0.1, -0.05) is 60.7 Å². The Labute approximate surface area is 186 Å². The summed E-state index contributed by atoms with van der Waals surface area (Å²) in [5.41, 5.74) is 3.97. The van der Waals surface area contributed by atoms with Gasteiger partial charge in [0.05, 0.1) is 0 Å². The van der Waals surface area contributed by atoms with Crippen LogP contribution in [0.25, 0.3) is 0 Å². The third-order valence-corrected chi connectivity index (χ3v) is 4.53. The predicted molar refractivity (Wildman–Crippen MR) is 112 cm³/mol. The number of hydrogen-bond donors (Lipinski definition) is 3. The molecule has 6 nitrogen and oxygen atoms in total. The van der Waals surface area contributed by atoms with Crippen LogP contribution >= 0.6 is 0 Å². The molecule has 10 heteroatoms. The first-order chi connectivity index (χ1) is 15.8. The quantitative estimate of drug-likeness (QED) is 0.267. The van der Waals surface area contributed by atoms with Gasteiger partial charge in [0.25, 0.3) is 5.91 Å². The van der Waals surface area contributed by atoms with Crippen LogP contribution in [-0.2, 0) is 22.6 Å². The van der Waals surface area contributed by atoms with E-state index in [0.29, 0.717) is 5.56 Å². The van der Waals surface area contributed by atoms with Crippen LogP contribution in [0.2, 0.25) is 0 Å². The fourth-order valence-corrected chi connectivity index (χ4v) is 2.86. The number of halogens is 4. The standard InChI is InChI=1S/C23H19F4N3O3/c24-16-12-17(25)20(27)21(19(16)26)29-30-22(31)18(11-14-7-3-1-4-8-14)28-23(32)33-13-15-9-5-2-6-10-15/h1-10,12,18,29H,11,13H2,(H,28,32)(H,30,31). The number of benzene rings is 3. The summed E-state index contributed by atoms with van der Waals surface area (Å²) in [7, 11) is 0. The maximum absolute atomic E-state index is 13.8. The highest BCUT2D eigenvalue weighted by Crippen LogP contribution is 2.23. The minimum Gasteiger partial charge on any atom is -0.445 e. The molecule has 1 atom stereocenters. The molecule has 2 amide bonds. The van der Waals surface area contributed by atoms with Crippen LogP contribution in [0.3, 0.4) is 0 Å². The Kier molecular flexibility index (Phi) is 7.85. The van der Waals surface area contributed by atoms with E-state index in [-0.39, 0.29) is 19.1 Å². The molecular weight excluding hydrogens is 442 g/mol. The second kappa shape index (κ2) is 11.0. The average molecular weight is 461 g/mol. The lowest BCUT2D eigenvalue weighted by Crippen LogP contribution is -2.49. The summed E-state index contributed by atoms with van der Waals surface area (Å²) in [5, 5.41) is 2.37. The van der Waals surface area contributed by atoms with Crippen LogP contribution in [0.4, 0.5) is 28.0 Å². The number of anilines is 1. The summed E-state index contributed by atoms with van der Waals surface area (Å²) in [6.45, 7) is -0.0520. The van der Waals surface area contributed by atoms with Crippen LogP contribution < -0.4 is 16.2 Å². The summed E-state index contributed by atoms with van der Waals surface area (Å²) in [6, 6.07) is 16.2. The molecule has 0 fully saturated rings. The molecule has 3 rings (SSSR count). The van der Waals surface area contributed by atoms with Gasteiger partial charge in [-0.05, 0) is 11.1 Å². The Morgan fingerprint density at radius 1 is 0.818 bits per heavy atom. The van der Waals surface area contributed by atoms with Gasteiger partial charge in [-0.25, -0.2) is 22.4 Å². The minimum atomic E-state index is -1.72. The minimum absolute atomic E-state index is 0.00271. The number of ether oxygens (including phenoxy) is 1. The molecule has 0 aliphatic rings. The predicted octanol–water partition coefficient (Wildman–Crippen LogP) is 4.22. The largest absolute Gasteiger partial charge is 0.445 e. The van der Waals surface area contributed by atoms with Crippen molar-refractivity contribution in [2.75, 3.05) is 5.43 Å². The third kappa shape index (κ3) is 6.45. The van der Waals surface area contributed by atoms with Gasteiger partial charge in [0, 0.05) is 12.5 Å². The smallest absolute Gasteiger partial charge is 0.408 e. The molecule has 0 aliphatic carbocycles. The lowest BCUT2D eigenvalue weighted by molar-refractivity contribution is -0.122. The maximum atomic E-state index is 13.8. The number of rotatable bonds is 8. The molecule has 3 aromatic rings. The van der Waals surface area contributed by atoms with Crippen molar-refractivity contribution in [3.8, 4) is 0 Å². The van der Waals surface area contributed by atoms with Gasteiger partial charge >= 0.3 is 6.09 Å². The van der Waals surface area contributed by atoms with Crippen LogP contribution in [0.1, 0.15) is 11.1 Å². The van der Waals surface area contributed by atoms with E-state index in [1.165, 1.54) is 0 Å². The number of hydrazine groups is 1. The molecule has 0 aromatic heterocycles. The van der Waals surface area contributed by atoms with Gasteiger partial charge in [0.1, 0.15) is 18.3 Å². The van der Waals surface area contributed by atoms with E-state index >= 15 is 0 Å².